The smallest absolute Gasteiger partial charge is 0.282 e. The molecule has 2 fully saturated rings. The lowest BCUT2D eigenvalue weighted by atomic mass is 9.78. The highest BCUT2D eigenvalue weighted by Crippen LogP contribution is 2.39. The maximum absolute atomic E-state index is 12.9. The molecule has 2 aliphatic rings. The van der Waals surface area contributed by atoms with E-state index in [0.717, 1.165) is 32.1 Å². The summed E-state index contributed by atoms with van der Waals surface area (Å²) in [6.45, 7) is 3.42. The molecule has 5 rings (SSSR count). The average Bonchev–Trinajstić information content (AvgIpc) is 2.95. The van der Waals surface area contributed by atoms with Gasteiger partial charge in [0.2, 0.25) is 0 Å². The summed E-state index contributed by atoms with van der Waals surface area (Å²) < 4.78 is 32.5. The summed E-state index contributed by atoms with van der Waals surface area (Å²) >= 11 is 0. The molecular formula is C16H14F2N6O. The van der Waals surface area contributed by atoms with Crippen molar-refractivity contribution < 1.29 is 13.5 Å². The summed E-state index contributed by atoms with van der Waals surface area (Å²) in [5.41, 5.74) is 1.64. The zero-order chi connectivity index (χ0) is 17.0. The summed E-state index contributed by atoms with van der Waals surface area (Å²) in [4.78, 5) is 15.0. The van der Waals surface area contributed by atoms with Gasteiger partial charge >= 0.3 is 0 Å². The Kier molecular flexibility index (Phi) is 3.02. The molecule has 1 spiro atoms. The maximum atomic E-state index is 12.9. The minimum absolute atomic E-state index is 0.280. The van der Waals surface area contributed by atoms with Crippen LogP contribution >= 0.6 is 0 Å². The molecule has 2 aliphatic heterocycles. The predicted octanol–water partition coefficient (Wildman–Crippen LogP) is 1.96. The van der Waals surface area contributed by atoms with E-state index in [0.29, 0.717) is 17.0 Å². The highest BCUT2D eigenvalue weighted by molar-refractivity contribution is 5.63. The van der Waals surface area contributed by atoms with Crippen LogP contribution in [0.15, 0.2) is 30.7 Å². The minimum atomic E-state index is -2.64. The minimum Gasteiger partial charge on any atom is -0.380 e. The number of rotatable bonds is 3. The van der Waals surface area contributed by atoms with Gasteiger partial charge in [0.05, 0.1) is 30.5 Å². The van der Waals surface area contributed by atoms with Crippen LogP contribution in [0.2, 0.25) is 0 Å². The molecule has 25 heavy (non-hydrogen) atoms. The van der Waals surface area contributed by atoms with Crippen LogP contribution in [0.1, 0.15) is 12.1 Å². The Morgan fingerprint density at radius 2 is 1.96 bits per heavy atom. The van der Waals surface area contributed by atoms with E-state index < -0.39 is 6.43 Å². The second-order valence-corrected chi connectivity index (χ2v) is 6.58. The van der Waals surface area contributed by atoms with E-state index in [-0.39, 0.29) is 11.1 Å². The SMILES string of the molecule is FC(F)c1ccc2ncc(-c3cc(N4CC5(COC5)C4)ncn3)n2n1. The molecule has 128 valence electrons. The molecule has 0 aromatic carbocycles. The number of aromatic nitrogens is 5. The zero-order valence-corrected chi connectivity index (χ0v) is 13.1. The molecule has 9 heteroatoms. The van der Waals surface area contributed by atoms with Gasteiger partial charge in [-0.1, -0.05) is 0 Å². The Balaban J connectivity index is 1.50. The Bertz CT molecular complexity index is 947. The fourth-order valence-electron chi connectivity index (χ4n) is 3.34. The Hall–Kier alpha value is -2.68. The van der Waals surface area contributed by atoms with Gasteiger partial charge in [-0.05, 0) is 12.1 Å². The van der Waals surface area contributed by atoms with E-state index >= 15 is 0 Å². The first-order chi connectivity index (χ1) is 12.1. The van der Waals surface area contributed by atoms with Crippen LogP contribution in [-0.2, 0) is 4.74 Å². The van der Waals surface area contributed by atoms with Gasteiger partial charge in [0, 0.05) is 19.2 Å². The molecule has 5 heterocycles. The van der Waals surface area contributed by atoms with Crippen LogP contribution in [0.25, 0.3) is 17.0 Å². The number of hydrogen-bond acceptors (Lipinski definition) is 6. The third-order valence-electron chi connectivity index (χ3n) is 4.71. The summed E-state index contributed by atoms with van der Waals surface area (Å²) in [7, 11) is 0. The standard InChI is InChI=1S/C16H14F2N6O/c17-15(18)10-1-2-13-19-4-12(24(13)22-10)11-3-14(21-9-20-11)23-5-16(6-23)7-25-8-16/h1-4,9,15H,5-8H2. The summed E-state index contributed by atoms with van der Waals surface area (Å²) in [6, 6.07) is 4.64. The maximum Gasteiger partial charge on any atom is 0.282 e. The van der Waals surface area contributed by atoms with Gasteiger partial charge in [-0.15, -0.1) is 0 Å². The van der Waals surface area contributed by atoms with E-state index in [1.54, 1.807) is 6.20 Å². The topological polar surface area (TPSA) is 68.4 Å². The first-order valence-electron chi connectivity index (χ1n) is 7.92. The number of ether oxygens (including phenoxy) is 1. The summed E-state index contributed by atoms with van der Waals surface area (Å²) in [6.07, 6.45) is 0.423. The van der Waals surface area contributed by atoms with Crippen LogP contribution < -0.4 is 4.90 Å². The van der Waals surface area contributed by atoms with Crippen molar-refractivity contribution in [3.8, 4) is 11.4 Å². The van der Waals surface area contributed by atoms with Crippen molar-refractivity contribution in [2.24, 2.45) is 5.41 Å². The van der Waals surface area contributed by atoms with Gasteiger partial charge in [0.1, 0.15) is 23.5 Å². The second kappa shape index (κ2) is 5.16. The monoisotopic (exact) mass is 344 g/mol. The molecule has 0 unspecified atom stereocenters. The quantitative estimate of drug-likeness (QED) is 0.724. The third-order valence-corrected chi connectivity index (χ3v) is 4.71. The molecule has 0 radical (unpaired) electrons. The number of imidazole rings is 1. The average molecular weight is 344 g/mol. The number of hydrogen-bond donors (Lipinski definition) is 0. The molecule has 0 saturated carbocycles. The first-order valence-corrected chi connectivity index (χ1v) is 7.92. The lowest BCUT2D eigenvalue weighted by Gasteiger charge is -2.55. The van der Waals surface area contributed by atoms with Gasteiger partial charge < -0.3 is 9.64 Å². The van der Waals surface area contributed by atoms with Gasteiger partial charge in [-0.25, -0.2) is 28.2 Å². The van der Waals surface area contributed by atoms with Crippen molar-refractivity contribution in [2.75, 3.05) is 31.2 Å². The molecule has 0 N–H and O–H groups in total. The lowest BCUT2D eigenvalue weighted by Crippen LogP contribution is -2.66. The predicted molar refractivity (Wildman–Crippen MR) is 84.4 cm³/mol. The first kappa shape index (κ1) is 14.6. The van der Waals surface area contributed by atoms with Crippen LogP contribution in [-0.4, -0.2) is 50.9 Å². The second-order valence-electron chi connectivity index (χ2n) is 6.58. The van der Waals surface area contributed by atoms with Crippen LogP contribution in [0, 0.1) is 5.41 Å². The molecule has 0 atom stereocenters. The third kappa shape index (κ3) is 2.26. The van der Waals surface area contributed by atoms with Crippen molar-refractivity contribution in [1.82, 2.24) is 24.6 Å². The molecule has 3 aromatic heterocycles. The zero-order valence-electron chi connectivity index (χ0n) is 13.1. The van der Waals surface area contributed by atoms with Gasteiger partial charge in [-0.3, -0.25) is 0 Å². The molecule has 7 nitrogen and oxygen atoms in total. The van der Waals surface area contributed by atoms with E-state index in [1.165, 1.54) is 23.0 Å². The van der Waals surface area contributed by atoms with Crippen LogP contribution in [0.3, 0.4) is 0 Å². The Morgan fingerprint density at radius 1 is 1.12 bits per heavy atom. The van der Waals surface area contributed by atoms with Crippen molar-refractivity contribution in [3.05, 3.63) is 36.4 Å². The molecule has 0 aliphatic carbocycles. The van der Waals surface area contributed by atoms with Gasteiger partial charge in [0.15, 0.2) is 5.65 Å². The number of halogens is 2. The number of anilines is 1. The van der Waals surface area contributed by atoms with E-state index in [2.05, 4.69) is 25.0 Å². The van der Waals surface area contributed by atoms with Crippen LogP contribution in [0.4, 0.5) is 14.6 Å². The normalized spacial score (nSPS) is 18.6. The van der Waals surface area contributed by atoms with Crippen molar-refractivity contribution in [1.29, 1.82) is 0 Å². The fraction of sp³-hybridized carbons (Fsp3) is 0.375. The molecule has 0 amide bonds. The lowest BCUT2D eigenvalue weighted by molar-refractivity contribution is -0.127. The Morgan fingerprint density at radius 3 is 2.68 bits per heavy atom. The number of alkyl halides is 2. The molecule has 2 saturated heterocycles. The molecule has 0 bridgehead atoms. The van der Waals surface area contributed by atoms with Crippen molar-refractivity contribution in [3.63, 3.8) is 0 Å². The van der Waals surface area contributed by atoms with Crippen molar-refractivity contribution in [2.45, 2.75) is 6.43 Å². The summed E-state index contributed by atoms with van der Waals surface area (Å²) in [5, 5.41) is 3.98. The van der Waals surface area contributed by atoms with Crippen LogP contribution in [0.5, 0.6) is 0 Å². The summed E-state index contributed by atoms with van der Waals surface area (Å²) in [5.74, 6) is 0.808. The largest absolute Gasteiger partial charge is 0.380 e. The highest BCUT2D eigenvalue weighted by Gasteiger charge is 2.49. The number of fused-ring (bicyclic) bond motifs is 1. The molecule has 3 aromatic rings. The fourth-order valence-corrected chi connectivity index (χ4v) is 3.34. The van der Waals surface area contributed by atoms with E-state index in [4.69, 9.17) is 4.74 Å². The van der Waals surface area contributed by atoms with Gasteiger partial charge in [0.25, 0.3) is 6.43 Å². The van der Waals surface area contributed by atoms with E-state index in [1.807, 2.05) is 6.07 Å². The van der Waals surface area contributed by atoms with Crippen molar-refractivity contribution >= 4 is 11.5 Å². The molecular weight excluding hydrogens is 330 g/mol. The highest BCUT2D eigenvalue weighted by atomic mass is 19.3. The van der Waals surface area contributed by atoms with E-state index in [9.17, 15) is 8.78 Å². The Labute approximate surface area is 141 Å². The number of nitrogens with zero attached hydrogens (tertiary/aromatic N) is 6. The van der Waals surface area contributed by atoms with Gasteiger partial charge in [-0.2, -0.15) is 5.10 Å².